The number of aromatic carboxylic acids is 1. The Bertz CT molecular complexity index is 1330. The molecule has 4 aromatic rings. The predicted octanol–water partition coefficient (Wildman–Crippen LogP) is 5.58. The molecule has 2 aromatic carbocycles. The van der Waals surface area contributed by atoms with Crippen molar-refractivity contribution in [1.82, 2.24) is 14.5 Å². The fourth-order valence-electron chi connectivity index (χ4n) is 3.93. The third-order valence-corrected chi connectivity index (χ3v) is 5.86. The van der Waals surface area contributed by atoms with Crippen LogP contribution in [0.25, 0.3) is 22.2 Å². The van der Waals surface area contributed by atoms with Crippen molar-refractivity contribution in [2.75, 3.05) is 18.5 Å². The SMILES string of the molecule is CCOc1cc(-c2cc(NCCn3c(C)cc4c(C)ccc(Cl)c43)ncn2)ccc1C(=O)O. The first-order chi connectivity index (χ1) is 15.9. The van der Waals surface area contributed by atoms with Crippen LogP contribution in [0.2, 0.25) is 5.02 Å². The molecular weight excluding hydrogens is 440 g/mol. The van der Waals surface area contributed by atoms with Crippen LogP contribution < -0.4 is 10.1 Å². The van der Waals surface area contributed by atoms with Crippen molar-refractivity contribution in [2.24, 2.45) is 0 Å². The summed E-state index contributed by atoms with van der Waals surface area (Å²) in [6, 6.07) is 12.9. The third kappa shape index (κ3) is 4.64. The maximum absolute atomic E-state index is 11.4. The summed E-state index contributed by atoms with van der Waals surface area (Å²) in [5, 5.41) is 14.6. The maximum atomic E-state index is 11.4. The summed E-state index contributed by atoms with van der Waals surface area (Å²) in [4.78, 5) is 20.1. The molecule has 0 aliphatic heterocycles. The number of halogens is 1. The summed E-state index contributed by atoms with van der Waals surface area (Å²) in [5.41, 5.74) is 4.94. The number of hydrogen-bond donors (Lipinski definition) is 2. The predicted molar refractivity (Wildman–Crippen MR) is 131 cm³/mol. The fraction of sp³-hybridized carbons (Fsp3) is 0.240. The van der Waals surface area contributed by atoms with Gasteiger partial charge < -0.3 is 19.7 Å². The van der Waals surface area contributed by atoms with Gasteiger partial charge in [-0.3, -0.25) is 0 Å². The zero-order chi connectivity index (χ0) is 23.5. The van der Waals surface area contributed by atoms with E-state index in [0.717, 1.165) is 28.3 Å². The molecule has 0 aliphatic rings. The highest BCUT2D eigenvalue weighted by Gasteiger charge is 2.14. The van der Waals surface area contributed by atoms with Crippen LogP contribution in [0.4, 0.5) is 5.82 Å². The van der Waals surface area contributed by atoms with Crippen molar-refractivity contribution in [3.8, 4) is 17.0 Å². The molecule has 0 saturated carbocycles. The van der Waals surface area contributed by atoms with E-state index >= 15 is 0 Å². The minimum Gasteiger partial charge on any atom is -0.493 e. The molecule has 4 rings (SSSR count). The average Bonchev–Trinajstić information content (AvgIpc) is 3.14. The smallest absolute Gasteiger partial charge is 0.339 e. The number of carboxylic acids is 1. The van der Waals surface area contributed by atoms with Gasteiger partial charge in [-0.25, -0.2) is 14.8 Å². The lowest BCUT2D eigenvalue weighted by atomic mass is 10.1. The number of aryl methyl sites for hydroxylation is 2. The van der Waals surface area contributed by atoms with Gasteiger partial charge in [0.1, 0.15) is 23.5 Å². The van der Waals surface area contributed by atoms with Gasteiger partial charge in [-0.15, -0.1) is 0 Å². The molecular formula is C25H25ClN4O3. The Morgan fingerprint density at radius 3 is 2.73 bits per heavy atom. The molecule has 0 unspecified atom stereocenters. The number of aromatic nitrogens is 3. The lowest BCUT2D eigenvalue weighted by Crippen LogP contribution is -2.12. The molecule has 0 atom stereocenters. The fourth-order valence-corrected chi connectivity index (χ4v) is 4.20. The molecule has 0 spiro atoms. The van der Waals surface area contributed by atoms with Gasteiger partial charge in [0.05, 0.1) is 22.8 Å². The second-order valence-electron chi connectivity index (χ2n) is 7.73. The van der Waals surface area contributed by atoms with E-state index in [-0.39, 0.29) is 5.56 Å². The summed E-state index contributed by atoms with van der Waals surface area (Å²) in [5.74, 6) is -0.0346. The van der Waals surface area contributed by atoms with Crippen molar-refractivity contribution < 1.29 is 14.6 Å². The minimum atomic E-state index is -1.03. The lowest BCUT2D eigenvalue weighted by Gasteiger charge is -2.12. The zero-order valence-electron chi connectivity index (χ0n) is 18.7. The molecule has 2 heterocycles. The molecule has 0 saturated heterocycles. The zero-order valence-corrected chi connectivity index (χ0v) is 19.5. The van der Waals surface area contributed by atoms with E-state index in [1.54, 1.807) is 12.1 Å². The standard InChI is InChI=1S/C25H25ClN4O3/c1-4-33-22-12-17(6-7-18(22)25(31)32)21-13-23(29-14-28-21)27-9-10-30-16(3)11-19-15(2)5-8-20(26)24(19)30/h5-8,11-14H,4,9-10H2,1-3H3,(H,31,32)(H,27,28,29). The van der Waals surface area contributed by atoms with Gasteiger partial charge in [0, 0.05) is 35.8 Å². The van der Waals surface area contributed by atoms with Crippen LogP contribution in [0.3, 0.4) is 0 Å². The molecule has 0 aliphatic carbocycles. The summed E-state index contributed by atoms with van der Waals surface area (Å²) >= 11 is 6.49. The van der Waals surface area contributed by atoms with Crippen molar-refractivity contribution in [1.29, 1.82) is 0 Å². The Hall–Kier alpha value is -3.58. The van der Waals surface area contributed by atoms with Gasteiger partial charge in [-0.05, 0) is 50.6 Å². The Morgan fingerprint density at radius 2 is 1.97 bits per heavy atom. The lowest BCUT2D eigenvalue weighted by molar-refractivity contribution is 0.0692. The number of benzene rings is 2. The monoisotopic (exact) mass is 464 g/mol. The number of carboxylic acid groups (broad SMARTS) is 1. The molecule has 2 aromatic heterocycles. The van der Waals surface area contributed by atoms with Crippen LogP contribution in [0.1, 0.15) is 28.5 Å². The Kier molecular flexibility index (Phi) is 6.51. The topological polar surface area (TPSA) is 89.3 Å². The molecule has 8 heteroatoms. The first kappa shape index (κ1) is 22.6. The van der Waals surface area contributed by atoms with Gasteiger partial charge in [0.25, 0.3) is 0 Å². The highest BCUT2D eigenvalue weighted by molar-refractivity contribution is 6.35. The van der Waals surface area contributed by atoms with Crippen molar-refractivity contribution in [3.05, 3.63) is 70.6 Å². The van der Waals surface area contributed by atoms with E-state index in [1.165, 1.54) is 23.3 Å². The van der Waals surface area contributed by atoms with Crippen LogP contribution in [-0.2, 0) is 6.54 Å². The first-order valence-electron chi connectivity index (χ1n) is 10.7. The molecule has 33 heavy (non-hydrogen) atoms. The summed E-state index contributed by atoms with van der Waals surface area (Å²) in [7, 11) is 0. The molecule has 0 bridgehead atoms. The normalized spacial score (nSPS) is 11.0. The van der Waals surface area contributed by atoms with E-state index in [0.29, 0.717) is 30.4 Å². The number of nitrogens with zero attached hydrogens (tertiary/aromatic N) is 3. The van der Waals surface area contributed by atoms with E-state index in [2.05, 4.69) is 39.8 Å². The number of ether oxygens (including phenoxy) is 1. The van der Waals surface area contributed by atoms with Crippen molar-refractivity contribution in [3.63, 3.8) is 0 Å². The van der Waals surface area contributed by atoms with Crippen LogP contribution in [0, 0.1) is 13.8 Å². The van der Waals surface area contributed by atoms with Gasteiger partial charge in [-0.2, -0.15) is 0 Å². The van der Waals surface area contributed by atoms with E-state index in [1.807, 2.05) is 25.1 Å². The summed E-state index contributed by atoms with van der Waals surface area (Å²) in [6.45, 7) is 7.72. The Labute approximate surface area is 197 Å². The highest BCUT2D eigenvalue weighted by atomic mass is 35.5. The first-order valence-corrected chi connectivity index (χ1v) is 11.1. The number of carbonyl (C=O) groups is 1. The summed E-state index contributed by atoms with van der Waals surface area (Å²) in [6.07, 6.45) is 1.49. The second kappa shape index (κ2) is 9.50. The number of fused-ring (bicyclic) bond motifs is 1. The molecule has 7 nitrogen and oxygen atoms in total. The molecule has 0 amide bonds. The third-order valence-electron chi connectivity index (χ3n) is 5.55. The van der Waals surface area contributed by atoms with E-state index < -0.39 is 5.97 Å². The van der Waals surface area contributed by atoms with Gasteiger partial charge in [0.2, 0.25) is 0 Å². The second-order valence-corrected chi connectivity index (χ2v) is 8.14. The van der Waals surface area contributed by atoms with E-state index in [9.17, 15) is 9.90 Å². The number of hydrogen-bond acceptors (Lipinski definition) is 5. The number of anilines is 1. The average molecular weight is 465 g/mol. The van der Waals surface area contributed by atoms with Gasteiger partial charge >= 0.3 is 5.97 Å². The maximum Gasteiger partial charge on any atom is 0.339 e. The van der Waals surface area contributed by atoms with Crippen LogP contribution >= 0.6 is 11.6 Å². The molecule has 0 fully saturated rings. The van der Waals surface area contributed by atoms with Crippen molar-refractivity contribution >= 4 is 34.3 Å². The number of nitrogens with one attached hydrogen (secondary N) is 1. The molecule has 2 N–H and O–H groups in total. The highest BCUT2D eigenvalue weighted by Crippen LogP contribution is 2.30. The largest absolute Gasteiger partial charge is 0.493 e. The molecule has 170 valence electrons. The number of rotatable bonds is 8. The van der Waals surface area contributed by atoms with Crippen LogP contribution in [-0.4, -0.2) is 38.8 Å². The molecule has 0 radical (unpaired) electrons. The summed E-state index contributed by atoms with van der Waals surface area (Å²) < 4.78 is 7.71. The van der Waals surface area contributed by atoms with Crippen LogP contribution in [0.15, 0.2) is 48.8 Å². The Morgan fingerprint density at radius 1 is 1.15 bits per heavy atom. The van der Waals surface area contributed by atoms with Crippen LogP contribution in [0.5, 0.6) is 5.75 Å². The van der Waals surface area contributed by atoms with Gasteiger partial charge in [-0.1, -0.05) is 23.7 Å². The van der Waals surface area contributed by atoms with E-state index in [4.69, 9.17) is 16.3 Å². The quantitative estimate of drug-likeness (QED) is 0.354. The van der Waals surface area contributed by atoms with Crippen molar-refractivity contribution in [2.45, 2.75) is 27.3 Å². The Balaban J connectivity index is 1.53. The van der Waals surface area contributed by atoms with Gasteiger partial charge in [0.15, 0.2) is 0 Å². The minimum absolute atomic E-state index is 0.122.